The van der Waals surface area contributed by atoms with Gasteiger partial charge in [0.25, 0.3) is 0 Å². The SMILES string of the molecule is CC(C)NCC(C)NCc1cc2c(s1)CCC2. The van der Waals surface area contributed by atoms with E-state index in [1.807, 2.05) is 11.3 Å². The normalized spacial score (nSPS) is 16.5. The monoisotopic (exact) mass is 252 g/mol. The summed E-state index contributed by atoms with van der Waals surface area (Å²) in [5.74, 6) is 0. The van der Waals surface area contributed by atoms with E-state index in [-0.39, 0.29) is 0 Å². The molecule has 1 atom stereocenters. The zero-order valence-corrected chi connectivity index (χ0v) is 12.0. The maximum Gasteiger partial charge on any atom is 0.0302 e. The molecule has 1 aliphatic rings. The lowest BCUT2D eigenvalue weighted by Gasteiger charge is -2.16. The van der Waals surface area contributed by atoms with Gasteiger partial charge in [-0.25, -0.2) is 0 Å². The largest absolute Gasteiger partial charge is 0.313 e. The number of aryl methyl sites for hydroxylation is 2. The minimum absolute atomic E-state index is 0.536. The number of hydrogen-bond donors (Lipinski definition) is 2. The summed E-state index contributed by atoms with van der Waals surface area (Å²) in [7, 11) is 0. The van der Waals surface area contributed by atoms with Crippen molar-refractivity contribution in [3.63, 3.8) is 0 Å². The van der Waals surface area contributed by atoms with E-state index in [9.17, 15) is 0 Å². The van der Waals surface area contributed by atoms with Crippen LogP contribution in [0.2, 0.25) is 0 Å². The second kappa shape index (κ2) is 5.98. The summed E-state index contributed by atoms with van der Waals surface area (Å²) in [6.45, 7) is 8.70. The lowest BCUT2D eigenvalue weighted by molar-refractivity contribution is 0.475. The van der Waals surface area contributed by atoms with Gasteiger partial charge in [-0.15, -0.1) is 11.3 Å². The van der Waals surface area contributed by atoms with Crippen LogP contribution in [-0.2, 0) is 19.4 Å². The standard InChI is InChI=1S/C14H24N2S/c1-10(2)15-8-11(3)16-9-13-7-12-5-4-6-14(12)17-13/h7,10-11,15-16H,4-6,8-9H2,1-3H3. The van der Waals surface area contributed by atoms with Crippen molar-refractivity contribution in [1.29, 1.82) is 0 Å². The summed E-state index contributed by atoms with van der Waals surface area (Å²) in [6.07, 6.45) is 3.98. The summed E-state index contributed by atoms with van der Waals surface area (Å²) >= 11 is 2.01. The summed E-state index contributed by atoms with van der Waals surface area (Å²) in [5.41, 5.74) is 1.61. The molecule has 96 valence electrons. The maximum absolute atomic E-state index is 3.59. The molecule has 1 aliphatic carbocycles. The van der Waals surface area contributed by atoms with Crippen LogP contribution in [0.25, 0.3) is 0 Å². The van der Waals surface area contributed by atoms with Crippen molar-refractivity contribution in [3.05, 3.63) is 21.4 Å². The molecule has 1 aromatic rings. The van der Waals surface area contributed by atoms with E-state index in [2.05, 4.69) is 37.5 Å². The summed E-state index contributed by atoms with van der Waals surface area (Å²) in [4.78, 5) is 3.14. The number of hydrogen-bond acceptors (Lipinski definition) is 3. The Morgan fingerprint density at radius 1 is 1.24 bits per heavy atom. The van der Waals surface area contributed by atoms with Gasteiger partial charge in [0.1, 0.15) is 0 Å². The third-order valence-electron chi connectivity index (χ3n) is 3.25. The first-order chi connectivity index (χ1) is 8.15. The molecule has 2 nitrogen and oxygen atoms in total. The summed E-state index contributed by atoms with van der Waals surface area (Å²) in [5, 5.41) is 7.05. The van der Waals surface area contributed by atoms with Crippen LogP contribution in [0.15, 0.2) is 6.07 Å². The molecule has 0 aliphatic heterocycles. The average Bonchev–Trinajstić information content (AvgIpc) is 2.83. The Hall–Kier alpha value is -0.380. The van der Waals surface area contributed by atoms with Crippen molar-refractivity contribution in [1.82, 2.24) is 10.6 Å². The third-order valence-corrected chi connectivity index (χ3v) is 4.49. The molecule has 0 saturated heterocycles. The van der Waals surface area contributed by atoms with E-state index in [1.54, 1.807) is 10.4 Å². The Morgan fingerprint density at radius 3 is 2.76 bits per heavy atom. The van der Waals surface area contributed by atoms with Crippen LogP contribution in [0, 0.1) is 0 Å². The highest BCUT2D eigenvalue weighted by atomic mass is 32.1. The van der Waals surface area contributed by atoms with Crippen LogP contribution >= 0.6 is 11.3 Å². The van der Waals surface area contributed by atoms with Gasteiger partial charge in [0.05, 0.1) is 0 Å². The van der Waals surface area contributed by atoms with E-state index in [0.29, 0.717) is 12.1 Å². The molecule has 1 heterocycles. The van der Waals surface area contributed by atoms with E-state index in [4.69, 9.17) is 0 Å². The molecule has 3 heteroatoms. The van der Waals surface area contributed by atoms with Gasteiger partial charge in [0, 0.05) is 34.9 Å². The fraction of sp³-hybridized carbons (Fsp3) is 0.714. The Kier molecular flexibility index (Phi) is 4.60. The molecule has 0 aromatic carbocycles. The fourth-order valence-electron chi connectivity index (χ4n) is 2.24. The lowest BCUT2D eigenvalue weighted by atomic mass is 10.2. The van der Waals surface area contributed by atoms with Crippen LogP contribution in [0.3, 0.4) is 0 Å². The molecule has 0 amide bonds. The quantitative estimate of drug-likeness (QED) is 0.813. The second-order valence-electron chi connectivity index (χ2n) is 5.36. The fourth-order valence-corrected chi connectivity index (χ4v) is 3.45. The molecular weight excluding hydrogens is 228 g/mol. The third kappa shape index (κ3) is 3.80. The Balaban J connectivity index is 1.73. The lowest BCUT2D eigenvalue weighted by Crippen LogP contribution is -2.38. The molecule has 0 saturated carbocycles. The molecular formula is C14H24N2S. The molecule has 0 radical (unpaired) electrons. The van der Waals surface area contributed by atoms with E-state index in [0.717, 1.165) is 13.1 Å². The van der Waals surface area contributed by atoms with Crippen LogP contribution < -0.4 is 10.6 Å². The van der Waals surface area contributed by atoms with E-state index in [1.165, 1.54) is 24.1 Å². The van der Waals surface area contributed by atoms with Crippen molar-refractivity contribution >= 4 is 11.3 Å². The predicted molar refractivity (Wildman–Crippen MR) is 75.8 cm³/mol. The Morgan fingerprint density at radius 2 is 2.06 bits per heavy atom. The minimum atomic E-state index is 0.536. The Bertz CT molecular complexity index is 336. The molecule has 17 heavy (non-hydrogen) atoms. The predicted octanol–water partition coefficient (Wildman–Crippen LogP) is 2.71. The number of thiophene rings is 1. The first kappa shape index (κ1) is 13.1. The van der Waals surface area contributed by atoms with Crippen molar-refractivity contribution in [2.75, 3.05) is 6.54 Å². The average molecular weight is 252 g/mol. The van der Waals surface area contributed by atoms with Crippen molar-refractivity contribution in [2.45, 2.75) is 58.7 Å². The van der Waals surface area contributed by atoms with Crippen molar-refractivity contribution in [3.8, 4) is 0 Å². The number of rotatable bonds is 6. The highest BCUT2D eigenvalue weighted by molar-refractivity contribution is 7.12. The summed E-state index contributed by atoms with van der Waals surface area (Å²) < 4.78 is 0. The molecule has 1 aromatic heterocycles. The van der Waals surface area contributed by atoms with Crippen LogP contribution in [-0.4, -0.2) is 18.6 Å². The zero-order valence-electron chi connectivity index (χ0n) is 11.2. The molecule has 0 spiro atoms. The Labute approximate surface area is 109 Å². The molecule has 2 N–H and O–H groups in total. The molecule has 2 rings (SSSR count). The van der Waals surface area contributed by atoms with Gasteiger partial charge in [0.2, 0.25) is 0 Å². The van der Waals surface area contributed by atoms with Gasteiger partial charge in [-0.1, -0.05) is 13.8 Å². The van der Waals surface area contributed by atoms with Gasteiger partial charge in [-0.2, -0.15) is 0 Å². The van der Waals surface area contributed by atoms with Crippen LogP contribution in [0.5, 0.6) is 0 Å². The van der Waals surface area contributed by atoms with Crippen LogP contribution in [0.1, 0.15) is 42.5 Å². The highest BCUT2D eigenvalue weighted by Gasteiger charge is 2.14. The van der Waals surface area contributed by atoms with Crippen molar-refractivity contribution in [2.24, 2.45) is 0 Å². The number of fused-ring (bicyclic) bond motifs is 1. The van der Waals surface area contributed by atoms with Crippen molar-refractivity contribution < 1.29 is 0 Å². The zero-order chi connectivity index (χ0) is 12.3. The summed E-state index contributed by atoms with van der Waals surface area (Å²) in [6, 6.07) is 3.52. The first-order valence-electron chi connectivity index (χ1n) is 6.72. The van der Waals surface area contributed by atoms with E-state index >= 15 is 0 Å². The molecule has 0 fully saturated rings. The smallest absolute Gasteiger partial charge is 0.0302 e. The van der Waals surface area contributed by atoms with E-state index < -0.39 is 0 Å². The van der Waals surface area contributed by atoms with Gasteiger partial charge in [-0.3, -0.25) is 0 Å². The van der Waals surface area contributed by atoms with Gasteiger partial charge in [-0.05, 0) is 37.8 Å². The van der Waals surface area contributed by atoms with Gasteiger partial charge < -0.3 is 10.6 Å². The number of nitrogens with one attached hydrogen (secondary N) is 2. The molecule has 0 bridgehead atoms. The van der Waals surface area contributed by atoms with Crippen LogP contribution in [0.4, 0.5) is 0 Å². The van der Waals surface area contributed by atoms with Gasteiger partial charge in [0.15, 0.2) is 0 Å². The highest BCUT2D eigenvalue weighted by Crippen LogP contribution is 2.30. The second-order valence-corrected chi connectivity index (χ2v) is 6.58. The topological polar surface area (TPSA) is 24.1 Å². The van der Waals surface area contributed by atoms with Gasteiger partial charge >= 0.3 is 0 Å². The molecule has 1 unspecified atom stereocenters. The first-order valence-corrected chi connectivity index (χ1v) is 7.54. The maximum atomic E-state index is 3.59. The minimum Gasteiger partial charge on any atom is -0.313 e.